The quantitative estimate of drug-likeness (QED) is 0.660. The van der Waals surface area contributed by atoms with Gasteiger partial charge < -0.3 is 10.3 Å². The molecule has 26 heavy (non-hydrogen) atoms. The molecule has 1 amide bonds. The first-order valence-corrected chi connectivity index (χ1v) is 9.12. The zero-order chi connectivity index (χ0) is 18.1. The van der Waals surface area contributed by atoms with E-state index in [1.807, 2.05) is 36.4 Å². The van der Waals surface area contributed by atoms with Crippen LogP contribution in [0, 0.1) is 5.92 Å². The number of fused-ring (bicyclic) bond motifs is 1. The minimum absolute atomic E-state index is 0.0577. The lowest BCUT2D eigenvalue weighted by Gasteiger charge is -2.07. The summed E-state index contributed by atoms with van der Waals surface area (Å²) in [4.78, 5) is 27.2. The third-order valence-electron chi connectivity index (χ3n) is 5.00. The van der Waals surface area contributed by atoms with Gasteiger partial charge in [0, 0.05) is 34.6 Å². The van der Waals surface area contributed by atoms with Crippen LogP contribution in [-0.2, 0) is 11.2 Å². The van der Waals surface area contributed by atoms with E-state index in [1.165, 1.54) is 0 Å². The summed E-state index contributed by atoms with van der Waals surface area (Å²) in [5.41, 5.74) is 5.03. The van der Waals surface area contributed by atoms with Gasteiger partial charge in [-0.15, -0.1) is 0 Å². The van der Waals surface area contributed by atoms with E-state index in [2.05, 4.69) is 22.4 Å². The van der Waals surface area contributed by atoms with Crippen LogP contribution in [0.3, 0.4) is 0 Å². The molecule has 0 atom stereocenters. The average molecular weight is 346 g/mol. The lowest BCUT2D eigenvalue weighted by atomic mass is 10.0. The molecule has 1 aromatic heterocycles. The number of amides is 1. The molecule has 4 heteroatoms. The zero-order valence-corrected chi connectivity index (χ0v) is 14.8. The Kier molecular flexibility index (Phi) is 4.33. The Balaban J connectivity index is 1.71. The van der Waals surface area contributed by atoms with Crippen molar-refractivity contribution >= 4 is 22.6 Å². The highest BCUT2D eigenvalue weighted by molar-refractivity contribution is 6.00. The number of carbonyl (C=O) groups excluding carboxylic acids is 2. The molecule has 1 aliphatic rings. The highest BCUT2D eigenvalue weighted by atomic mass is 16.2. The molecule has 2 N–H and O–H groups in total. The summed E-state index contributed by atoms with van der Waals surface area (Å²) < 4.78 is 0. The SMILES string of the molecule is CC(=O)c1ccc2[nH]c(-c3ccccc3)c(CCNC(=O)C3CC3)c2c1. The highest BCUT2D eigenvalue weighted by Gasteiger charge is 2.29. The van der Waals surface area contributed by atoms with E-state index in [9.17, 15) is 9.59 Å². The Bertz CT molecular complexity index is 968. The predicted octanol–water partition coefficient (Wildman–Crippen LogP) is 4.11. The maximum absolute atomic E-state index is 11.9. The fourth-order valence-electron chi connectivity index (χ4n) is 3.38. The normalized spacial score (nSPS) is 13.7. The molecular formula is C22H22N2O2. The molecule has 0 radical (unpaired) electrons. The smallest absolute Gasteiger partial charge is 0.223 e. The van der Waals surface area contributed by atoms with Gasteiger partial charge in [-0.3, -0.25) is 9.59 Å². The summed E-state index contributed by atoms with van der Waals surface area (Å²) in [6.45, 7) is 2.19. The van der Waals surface area contributed by atoms with Gasteiger partial charge in [-0.05, 0) is 55.5 Å². The van der Waals surface area contributed by atoms with Crippen LogP contribution in [-0.4, -0.2) is 23.2 Å². The van der Waals surface area contributed by atoms with Crippen molar-refractivity contribution in [1.82, 2.24) is 10.3 Å². The van der Waals surface area contributed by atoms with Crippen molar-refractivity contribution in [3.63, 3.8) is 0 Å². The molecule has 0 unspecified atom stereocenters. The maximum atomic E-state index is 11.9. The van der Waals surface area contributed by atoms with E-state index < -0.39 is 0 Å². The third-order valence-corrected chi connectivity index (χ3v) is 5.00. The Morgan fingerprint density at radius 1 is 1.12 bits per heavy atom. The van der Waals surface area contributed by atoms with Gasteiger partial charge in [0.05, 0.1) is 0 Å². The van der Waals surface area contributed by atoms with E-state index in [0.29, 0.717) is 12.1 Å². The molecule has 132 valence electrons. The lowest BCUT2D eigenvalue weighted by Crippen LogP contribution is -2.27. The fourth-order valence-corrected chi connectivity index (χ4v) is 3.38. The van der Waals surface area contributed by atoms with Crippen LogP contribution in [0.25, 0.3) is 22.2 Å². The van der Waals surface area contributed by atoms with Gasteiger partial charge in [0.1, 0.15) is 0 Å². The first kappa shape index (κ1) is 16.6. The minimum atomic E-state index is 0.0577. The molecule has 1 saturated carbocycles. The average Bonchev–Trinajstić information content (AvgIpc) is 3.44. The summed E-state index contributed by atoms with van der Waals surface area (Å²) >= 11 is 0. The summed E-state index contributed by atoms with van der Waals surface area (Å²) in [5, 5.41) is 4.10. The number of H-pyrrole nitrogens is 1. The molecule has 1 heterocycles. The van der Waals surface area contributed by atoms with Crippen LogP contribution in [0.4, 0.5) is 0 Å². The van der Waals surface area contributed by atoms with Crippen molar-refractivity contribution in [2.24, 2.45) is 5.92 Å². The number of ketones is 1. The van der Waals surface area contributed by atoms with Crippen LogP contribution in [0.1, 0.15) is 35.7 Å². The summed E-state index contributed by atoms with van der Waals surface area (Å²) in [6, 6.07) is 15.9. The second-order valence-corrected chi connectivity index (χ2v) is 6.98. The Labute approximate surface area is 152 Å². The zero-order valence-electron chi connectivity index (χ0n) is 14.8. The largest absolute Gasteiger partial charge is 0.356 e. The van der Waals surface area contributed by atoms with Crippen LogP contribution in [0.5, 0.6) is 0 Å². The molecule has 4 rings (SSSR count). The van der Waals surface area contributed by atoms with Crippen molar-refractivity contribution in [1.29, 1.82) is 0 Å². The molecule has 4 nitrogen and oxygen atoms in total. The number of hydrogen-bond donors (Lipinski definition) is 2. The van der Waals surface area contributed by atoms with Gasteiger partial charge in [0.25, 0.3) is 0 Å². The maximum Gasteiger partial charge on any atom is 0.223 e. The monoisotopic (exact) mass is 346 g/mol. The third kappa shape index (κ3) is 3.27. The number of carbonyl (C=O) groups is 2. The lowest BCUT2D eigenvalue weighted by molar-refractivity contribution is -0.122. The van der Waals surface area contributed by atoms with Crippen molar-refractivity contribution in [2.45, 2.75) is 26.2 Å². The number of Topliss-reactive ketones (excluding diaryl/α,β-unsaturated/α-hetero) is 1. The van der Waals surface area contributed by atoms with Crippen LogP contribution < -0.4 is 5.32 Å². The molecule has 1 aliphatic carbocycles. The van der Waals surface area contributed by atoms with Crippen LogP contribution in [0.15, 0.2) is 48.5 Å². The number of rotatable bonds is 6. The number of benzene rings is 2. The van der Waals surface area contributed by atoms with Gasteiger partial charge in [-0.25, -0.2) is 0 Å². The molecular weight excluding hydrogens is 324 g/mol. The fraction of sp³-hybridized carbons (Fsp3) is 0.273. The Morgan fingerprint density at radius 2 is 1.88 bits per heavy atom. The Hall–Kier alpha value is -2.88. The second kappa shape index (κ2) is 6.79. The van der Waals surface area contributed by atoms with Gasteiger partial charge in [-0.2, -0.15) is 0 Å². The van der Waals surface area contributed by atoms with E-state index in [4.69, 9.17) is 0 Å². The van der Waals surface area contributed by atoms with Gasteiger partial charge in [0.15, 0.2) is 5.78 Å². The minimum Gasteiger partial charge on any atom is -0.356 e. The highest BCUT2D eigenvalue weighted by Crippen LogP contribution is 2.32. The van der Waals surface area contributed by atoms with E-state index in [0.717, 1.165) is 47.0 Å². The molecule has 0 aliphatic heterocycles. The Morgan fingerprint density at radius 3 is 2.58 bits per heavy atom. The van der Waals surface area contributed by atoms with Crippen LogP contribution in [0.2, 0.25) is 0 Å². The molecule has 1 fully saturated rings. The molecule has 0 saturated heterocycles. The number of nitrogens with one attached hydrogen (secondary N) is 2. The number of hydrogen-bond acceptors (Lipinski definition) is 2. The van der Waals surface area contributed by atoms with Crippen molar-refractivity contribution in [2.75, 3.05) is 6.54 Å². The molecule has 0 spiro atoms. The van der Waals surface area contributed by atoms with Crippen molar-refractivity contribution < 1.29 is 9.59 Å². The number of aromatic amines is 1. The van der Waals surface area contributed by atoms with E-state index >= 15 is 0 Å². The molecule has 0 bridgehead atoms. The number of aromatic nitrogens is 1. The summed E-state index contributed by atoms with van der Waals surface area (Å²) in [5.74, 6) is 0.439. The van der Waals surface area contributed by atoms with Crippen molar-refractivity contribution in [3.8, 4) is 11.3 Å². The summed E-state index contributed by atoms with van der Waals surface area (Å²) in [6.07, 6.45) is 2.75. The summed E-state index contributed by atoms with van der Waals surface area (Å²) in [7, 11) is 0. The van der Waals surface area contributed by atoms with Gasteiger partial charge in [-0.1, -0.05) is 30.3 Å². The molecule has 2 aromatic carbocycles. The van der Waals surface area contributed by atoms with Crippen molar-refractivity contribution in [3.05, 3.63) is 59.7 Å². The van der Waals surface area contributed by atoms with E-state index in [1.54, 1.807) is 6.92 Å². The topological polar surface area (TPSA) is 62.0 Å². The van der Waals surface area contributed by atoms with Gasteiger partial charge in [0.2, 0.25) is 5.91 Å². The first-order chi connectivity index (χ1) is 12.6. The van der Waals surface area contributed by atoms with E-state index in [-0.39, 0.29) is 17.6 Å². The van der Waals surface area contributed by atoms with Gasteiger partial charge >= 0.3 is 0 Å². The predicted molar refractivity (Wildman–Crippen MR) is 103 cm³/mol. The van der Waals surface area contributed by atoms with Crippen LogP contribution >= 0.6 is 0 Å². The first-order valence-electron chi connectivity index (χ1n) is 9.12. The molecule has 3 aromatic rings. The standard InChI is InChI=1S/C22H22N2O2/c1-14(25)17-9-10-20-19(13-17)18(11-12-23-22(26)16-7-8-16)21(24-20)15-5-3-2-4-6-15/h2-6,9-10,13,16,24H,7-8,11-12H2,1H3,(H,23,26). The second-order valence-electron chi connectivity index (χ2n) is 6.98.